The van der Waals surface area contributed by atoms with Crippen LogP contribution in [0.25, 0.3) is 0 Å². The zero-order valence-electron chi connectivity index (χ0n) is 15.3. The van der Waals surface area contributed by atoms with Gasteiger partial charge in [0.25, 0.3) is 0 Å². The van der Waals surface area contributed by atoms with E-state index in [1.54, 1.807) is 11.1 Å². The average Bonchev–Trinajstić information content (AvgIpc) is 3.07. The van der Waals surface area contributed by atoms with E-state index in [0.717, 1.165) is 16.8 Å². The Bertz CT molecular complexity index is 915. The molecule has 4 rings (SSSR count). The summed E-state index contributed by atoms with van der Waals surface area (Å²) in [6.07, 6.45) is 2.06. The lowest BCUT2D eigenvalue weighted by molar-refractivity contribution is -0.153. The zero-order valence-corrected chi connectivity index (χ0v) is 15.3. The molecule has 0 bridgehead atoms. The van der Waals surface area contributed by atoms with Crippen molar-refractivity contribution in [1.82, 2.24) is 14.8 Å². The fourth-order valence-corrected chi connectivity index (χ4v) is 3.99. The summed E-state index contributed by atoms with van der Waals surface area (Å²) >= 11 is 0. The number of carbonyl (C=O) groups excluding carboxylic acids is 2. The molecular formula is C21H21N3O4. The van der Waals surface area contributed by atoms with Crippen LogP contribution < -0.4 is 0 Å². The van der Waals surface area contributed by atoms with Crippen molar-refractivity contribution in [1.29, 1.82) is 0 Å². The molecule has 2 atom stereocenters. The number of fused-ring (bicyclic) bond motifs is 1. The first kappa shape index (κ1) is 18.2. The fourth-order valence-electron chi connectivity index (χ4n) is 3.99. The van der Waals surface area contributed by atoms with Gasteiger partial charge in [-0.15, -0.1) is 0 Å². The molecule has 7 nitrogen and oxygen atoms in total. The third kappa shape index (κ3) is 3.47. The van der Waals surface area contributed by atoms with E-state index in [1.165, 1.54) is 4.90 Å². The molecule has 0 radical (unpaired) electrons. The standard InChI is InChI=1S/C21H21N3O4/c25-19-10-16(11-23(19)13-17-7-3-4-8-22-17)20(26)24-12-15-6-2-1-5-14(15)9-18(24)21(27)28/h1-8,16,18H,9-13H2,(H,27,28). The third-order valence-corrected chi connectivity index (χ3v) is 5.46. The molecule has 0 aliphatic carbocycles. The molecule has 1 saturated heterocycles. The van der Waals surface area contributed by atoms with E-state index >= 15 is 0 Å². The van der Waals surface area contributed by atoms with E-state index in [9.17, 15) is 19.5 Å². The fraction of sp³-hybridized carbons (Fsp3) is 0.333. The van der Waals surface area contributed by atoms with Crippen molar-refractivity contribution in [2.45, 2.75) is 32.0 Å². The van der Waals surface area contributed by atoms with Gasteiger partial charge < -0.3 is 14.9 Å². The van der Waals surface area contributed by atoms with Crippen molar-refractivity contribution in [3.05, 3.63) is 65.5 Å². The molecule has 1 aromatic heterocycles. The van der Waals surface area contributed by atoms with E-state index in [2.05, 4.69) is 4.98 Å². The number of amides is 2. The van der Waals surface area contributed by atoms with Gasteiger partial charge in [0.15, 0.2) is 0 Å². The summed E-state index contributed by atoms with van der Waals surface area (Å²) in [4.78, 5) is 44.6. The van der Waals surface area contributed by atoms with Gasteiger partial charge in [-0.05, 0) is 23.3 Å². The minimum Gasteiger partial charge on any atom is -0.480 e. The molecule has 7 heteroatoms. The molecule has 1 N–H and O–H groups in total. The number of rotatable bonds is 4. The van der Waals surface area contributed by atoms with Gasteiger partial charge in [-0.2, -0.15) is 0 Å². The Balaban J connectivity index is 1.50. The van der Waals surface area contributed by atoms with Crippen LogP contribution >= 0.6 is 0 Å². The Labute approximate surface area is 162 Å². The molecule has 2 aliphatic rings. The second kappa shape index (κ2) is 7.42. The maximum Gasteiger partial charge on any atom is 0.326 e. The first-order chi connectivity index (χ1) is 13.5. The number of likely N-dealkylation sites (tertiary alicyclic amines) is 1. The molecule has 3 heterocycles. The highest BCUT2D eigenvalue weighted by Gasteiger charge is 2.41. The maximum atomic E-state index is 13.1. The van der Waals surface area contributed by atoms with Crippen LogP contribution in [0.2, 0.25) is 0 Å². The van der Waals surface area contributed by atoms with Crippen molar-refractivity contribution in [3.8, 4) is 0 Å². The van der Waals surface area contributed by atoms with Gasteiger partial charge in [0.05, 0.1) is 18.2 Å². The topological polar surface area (TPSA) is 90.8 Å². The molecule has 0 saturated carbocycles. The lowest BCUT2D eigenvalue weighted by Gasteiger charge is -2.35. The Hall–Kier alpha value is -3.22. The van der Waals surface area contributed by atoms with Crippen molar-refractivity contribution >= 4 is 17.8 Å². The van der Waals surface area contributed by atoms with E-state index < -0.39 is 17.9 Å². The molecule has 2 amide bonds. The van der Waals surface area contributed by atoms with Crippen molar-refractivity contribution in [2.75, 3.05) is 6.54 Å². The summed E-state index contributed by atoms with van der Waals surface area (Å²) in [5.41, 5.74) is 2.68. The minimum absolute atomic E-state index is 0.103. The summed E-state index contributed by atoms with van der Waals surface area (Å²) in [5, 5.41) is 9.65. The van der Waals surface area contributed by atoms with Gasteiger partial charge >= 0.3 is 5.97 Å². The lowest BCUT2D eigenvalue weighted by Crippen LogP contribution is -2.51. The Morgan fingerprint density at radius 2 is 1.82 bits per heavy atom. The molecule has 2 aliphatic heterocycles. The quantitative estimate of drug-likeness (QED) is 0.869. The first-order valence-corrected chi connectivity index (χ1v) is 9.30. The van der Waals surface area contributed by atoms with E-state index in [0.29, 0.717) is 13.1 Å². The van der Waals surface area contributed by atoms with Crippen LogP contribution in [0.15, 0.2) is 48.7 Å². The van der Waals surface area contributed by atoms with E-state index in [4.69, 9.17) is 0 Å². The average molecular weight is 379 g/mol. The van der Waals surface area contributed by atoms with Crippen LogP contribution in [-0.4, -0.2) is 50.3 Å². The molecule has 0 spiro atoms. The summed E-state index contributed by atoms with van der Waals surface area (Å²) in [6.45, 7) is 0.907. The maximum absolute atomic E-state index is 13.1. The van der Waals surface area contributed by atoms with Crippen LogP contribution in [0.5, 0.6) is 0 Å². The van der Waals surface area contributed by atoms with Gasteiger partial charge in [0, 0.05) is 32.1 Å². The highest BCUT2D eigenvalue weighted by molar-refractivity contribution is 5.91. The highest BCUT2D eigenvalue weighted by Crippen LogP contribution is 2.28. The largest absolute Gasteiger partial charge is 0.480 e. The predicted molar refractivity (Wildman–Crippen MR) is 99.9 cm³/mol. The number of hydrogen-bond acceptors (Lipinski definition) is 4. The summed E-state index contributed by atoms with van der Waals surface area (Å²) in [7, 11) is 0. The van der Waals surface area contributed by atoms with Gasteiger partial charge in [-0.3, -0.25) is 14.6 Å². The number of aliphatic carboxylic acids is 1. The van der Waals surface area contributed by atoms with Crippen LogP contribution in [0.1, 0.15) is 23.2 Å². The van der Waals surface area contributed by atoms with Gasteiger partial charge in [0.1, 0.15) is 6.04 Å². The lowest BCUT2D eigenvalue weighted by atomic mass is 9.92. The van der Waals surface area contributed by atoms with Crippen LogP contribution in [0, 0.1) is 5.92 Å². The van der Waals surface area contributed by atoms with Gasteiger partial charge in [0.2, 0.25) is 11.8 Å². The summed E-state index contributed by atoms with van der Waals surface area (Å²) in [6, 6.07) is 12.2. The van der Waals surface area contributed by atoms with Crippen LogP contribution in [-0.2, 0) is 33.9 Å². The summed E-state index contributed by atoms with van der Waals surface area (Å²) in [5.74, 6) is -1.91. The molecular weight excluding hydrogens is 358 g/mol. The second-order valence-electron chi connectivity index (χ2n) is 7.29. The molecule has 28 heavy (non-hydrogen) atoms. The summed E-state index contributed by atoms with van der Waals surface area (Å²) < 4.78 is 0. The number of carbonyl (C=O) groups is 3. The van der Waals surface area contributed by atoms with Crippen molar-refractivity contribution in [2.24, 2.45) is 5.92 Å². The highest BCUT2D eigenvalue weighted by atomic mass is 16.4. The third-order valence-electron chi connectivity index (χ3n) is 5.46. The number of carboxylic acid groups (broad SMARTS) is 1. The number of aromatic nitrogens is 1. The number of hydrogen-bond donors (Lipinski definition) is 1. The minimum atomic E-state index is -1.02. The molecule has 144 valence electrons. The SMILES string of the molecule is O=C(O)C1Cc2ccccc2CN1C(=O)C1CC(=O)N(Cc2ccccn2)C1. The molecule has 2 aromatic rings. The molecule has 1 aromatic carbocycles. The van der Waals surface area contributed by atoms with Crippen LogP contribution in [0.4, 0.5) is 0 Å². The van der Waals surface area contributed by atoms with Gasteiger partial charge in [-0.1, -0.05) is 30.3 Å². The Morgan fingerprint density at radius 1 is 1.07 bits per heavy atom. The van der Waals surface area contributed by atoms with E-state index in [1.807, 2.05) is 42.5 Å². The number of carboxylic acids is 1. The Morgan fingerprint density at radius 3 is 2.54 bits per heavy atom. The molecule has 1 fully saturated rings. The number of nitrogens with zero attached hydrogens (tertiary/aromatic N) is 3. The van der Waals surface area contributed by atoms with Crippen molar-refractivity contribution in [3.63, 3.8) is 0 Å². The normalized spacial score (nSPS) is 21.5. The van der Waals surface area contributed by atoms with E-state index in [-0.39, 0.29) is 31.2 Å². The predicted octanol–water partition coefficient (Wildman–Crippen LogP) is 1.47. The zero-order chi connectivity index (χ0) is 19.7. The number of pyridine rings is 1. The number of benzene rings is 1. The van der Waals surface area contributed by atoms with Crippen molar-refractivity contribution < 1.29 is 19.5 Å². The second-order valence-corrected chi connectivity index (χ2v) is 7.29. The smallest absolute Gasteiger partial charge is 0.326 e. The molecule has 2 unspecified atom stereocenters. The monoisotopic (exact) mass is 379 g/mol. The Kier molecular flexibility index (Phi) is 4.81. The first-order valence-electron chi connectivity index (χ1n) is 9.30. The van der Waals surface area contributed by atoms with Gasteiger partial charge in [-0.25, -0.2) is 4.79 Å². The van der Waals surface area contributed by atoms with Crippen LogP contribution in [0.3, 0.4) is 0 Å².